The van der Waals surface area contributed by atoms with Crippen LogP contribution in [-0.4, -0.2) is 55.3 Å². The van der Waals surface area contributed by atoms with Crippen molar-refractivity contribution < 1.29 is 19.4 Å². The first-order valence-electron chi connectivity index (χ1n) is 6.76. The second kappa shape index (κ2) is 7.63. The van der Waals surface area contributed by atoms with E-state index in [9.17, 15) is 4.79 Å². The molecule has 0 saturated heterocycles. The molecule has 1 aromatic carbocycles. The van der Waals surface area contributed by atoms with Crippen LogP contribution < -0.4 is 9.47 Å². The molecule has 0 amide bonds. The van der Waals surface area contributed by atoms with Crippen molar-refractivity contribution in [2.24, 2.45) is 0 Å². The number of halogens is 1. The van der Waals surface area contributed by atoms with Gasteiger partial charge in [0.25, 0.3) is 0 Å². The van der Waals surface area contributed by atoms with E-state index in [-0.39, 0.29) is 5.69 Å². The Morgan fingerprint density at radius 3 is 2.74 bits per heavy atom. The second-order valence-corrected chi connectivity index (χ2v) is 6.25. The molecular weight excluding hydrogens is 340 g/mol. The first-order valence-corrected chi connectivity index (χ1v) is 8.02. The average molecular weight is 357 g/mol. The van der Waals surface area contributed by atoms with Crippen molar-refractivity contribution in [3.05, 3.63) is 28.2 Å². The summed E-state index contributed by atoms with van der Waals surface area (Å²) >= 11 is 7.52. The van der Waals surface area contributed by atoms with Gasteiger partial charge in [0.2, 0.25) is 0 Å². The number of ether oxygens (including phenoxy) is 2. The van der Waals surface area contributed by atoms with E-state index in [2.05, 4.69) is 4.98 Å². The normalized spacial score (nSPS) is 10.8. The molecule has 0 aliphatic carbocycles. The minimum absolute atomic E-state index is 0.00592. The lowest BCUT2D eigenvalue weighted by molar-refractivity contribution is 0.0691. The van der Waals surface area contributed by atoms with Crippen molar-refractivity contribution in [1.82, 2.24) is 9.88 Å². The minimum atomic E-state index is -1.06. The monoisotopic (exact) mass is 356 g/mol. The lowest BCUT2D eigenvalue weighted by Gasteiger charge is -2.15. The zero-order valence-electron chi connectivity index (χ0n) is 13.0. The maximum Gasteiger partial charge on any atom is 0.355 e. The third-order valence-electron chi connectivity index (χ3n) is 2.98. The summed E-state index contributed by atoms with van der Waals surface area (Å²) in [4.78, 5) is 17.0. The first-order chi connectivity index (χ1) is 10.9. The molecule has 23 heavy (non-hydrogen) atoms. The van der Waals surface area contributed by atoms with Gasteiger partial charge in [-0.15, -0.1) is 11.3 Å². The molecule has 0 aliphatic heterocycles. The van der Waals surface area contributed by atoms with Crippen LogP contribution >= 0.6 is 22.9 Å². The van der Waals surface area contributed by atoms with Gasteiger partial charge in [-0.1, -0.05) is 11.6 Å². The van der Waals surface area contributed by atoms with E-state index in [0.717, 1.165) is 6.54 Å². The van der Waals surface area contributed by atoms with Gasteiger partial charge in [0.1, 0.15) is 11.6 Å². The lowest BCUT2D eigenvalue weighted by atomic mass is 10.2. The van der Waals surface area contributed by atoms with E-state index >= 15 is 0 Å². The first kappa shape index (κ1) is 17.5. The number of aromatic carboxylic acids is 1. The van der Waals surface area contributed by atoms with Gasteiger partial charge in [0.05, 0.1) is 12.1 Å². The second-order valence-electron chi connectivity index (χ2n) is 4.98. The van der Waals surface area contributed by atoms with Gasteiger partial charge < -0.3 is 19.5 Å². The van der Waals surface area contributed by atoms with Gasteiger partial charge in [-0.25, -0.2) is 9.78 Å². The highest BCUT2D eigenvalue weighted by Gasteiger charge is 2.16. The molecule has 0 spiro atoms. The Bertz CT molecular complexity index is 703. The molecule has 1 aromatic heterocycles. The highest BCUT2D eigenvalue weighted by molar-refractivity contribution is 7.13. The molecule has 2 aromatic rings. The zero-order valence-corrected chi connectivity index (χ0v) is 14.6. The number of carbonyl (C=O) groups is 1. The van der Waals surface area contributed by atoms with Gasteiger partial charge in [0, 0.05) is 17.5 Å². The summed E-state index contributed by atoms with van der Waals surface area (Å²) in [6.45, 7) is 1.22. The van der Waals surface area contributed by atoms with Crippen LogP contribution in [0.1, 0.15) is 10.5 Å². The molecule has 1 heterocycles. The van der Waals surface area contributed by atoms with Gasteiger partial charge in [-0.3, -0.25) is 0 Å². The maximum atomic E-state index is 10.9. The van der Waals surface area contributed by atoms with Gasteiger partial charge in [-0.2, -0.15) is 0 Å². The number of aromatic nitrogens is 1. The van der Waals surface area contributed by atoms with E-state index < -0.39 is 5.97 Å². The predicted octanol–water partition coefficient (Wildman–Crippen LogP) is 3.11. The van der Waals surface area contributed by atoms with Crippen molar-refractivity contribution >= 4 is 28.9 Å². The molecule has 0 bridgehead atoms. The van der Waals surface area contributed by atoms with Gasteiger partial charge >= 0.3 is 5.97 Å². The maximum absolute atomic E-state index is 10.9. The van der Waals surface area contributed by atoms with Crippen molar-refractivity contribution in [1.29, 1.82) is 0 Å². The summed E-state index contributed by atoms with van der Waals surface area (Å²) in [5.74, 6) is -0.109. The standard InChI is InChI=1S/C15H17ClN2O4S/c1-18(2)4-5-22-13-10(16)6-9(7-12(13)21-3)14-17-11(8-23-14)15(19)20/h6-8H,4-5H2,1-3H3,(H,19,20). The third-order valence-corrected chi connectivity index (χ3v) is 4.16. The number of rotatable bonds is 7. The molecule has 0 unspecified atom stereocenters. The van der Waals surface area contributed by atoms with Crippen molar-refractivity contribution in [2.45, 2.75) is 0 Å². The molecule has 1 N–H and O–H groups in total. The van der Waals surface area contributed by atoms with Crippen LogP contribution in [0.3, 0.4) is 0 Å². The van der Waals surface area contributed by atoms with Gasteiger partial charge in [-0.05, 0) is 26.2 Å². The number of hydrogen-bond donors (Lipinski definition) is 1. The van der Waals surface area contributed by atoms with E-state index in [1.807, 2.05) is 19.0 Å². The Hall–Kier alpha value is -1.83. The zero-order chi connectivity index (χ0) is 17.0. The van der Waals surface area contributed by atoms with Crippen molar-refractivity contribution in [3.8, 4) is 22.1 Å². The highest BCUT2D eigenvalue weighted by Crippen LogP contribution is 2.40. The van der Waals surface area contributed by atoms with Gasteiger partial charge in [0.15, 0.2) is 17.2 Å². The minimum Gasteiger partial charge on any atom is -0.493 e. The summed E-state index contributed by atoms with van der Waals surface area (Å²) in [5, 5.41) is 11.4. The number of likely N-dealkylation sites (N-methyl/N-ethyl adjacent to an activating group) is 1. The molecule has 2 rings (SSSR count). The van der Waals surface area contributed by atoms with Crippen LogP contribution in [0.25, 0.3) is 10.6 Å². The quantitative estimate of drug-likeness (QED) is 0.821. The number of methoxy groups -OCH3 is 1. The number of hydrogen-bond acceptors (Lipinski definition) is 6. The topological polar surface area (TPSA) is 71.9 Å². The number of thiazole rings is 1. The van der Waals surface area contributed by atoms with Crippen LogP contribution in [0.5, 0.6) is 11.5 Å². The summed E-state index contributed by atoms with van der Waals surface area (Å²) in [6.07, 6.45) is 0. The number of benzene rings is 1. The molecule has 0 radical (unpaired) electrons. The Labute approximate surface area is 143 Å². The van der Waals surface area contributed by atoms with Crippen molar-refractivity contribution in [2.75, 3.05) is 34.4 Å². The lowest BCUT2D eigenvalue weighted by Crippen LogP contribution is -2.19. The molecule has 0 saturated carbocycles. The molecule has 0 atom stereocenters. The summed E-state index contributed by atoms with van der Waals surface area (Å²) in [6, 6.07) is 3.43. The summed E-state index contributed by atoms with van der Waals surface area (Å²) in [5.41, 5.74) is 0.690. The molecule has 6 nitrogen and oxygen atoms in total. The number of carboxylic acid groups (broad SMARTS) is 1. The Morgan fingerprint density at radius 2 is 2.17 bits per heavy atom. The smallest absolute Gasteiger partial charge is 0.355 e. The predicted molar refractivity (Wildman–Crippen MR) is 90.1 cm³/mol. The van der Waals surface area contributed by atoms with Crippen molar-refractivity contribution in [3.63, 3.8) is 0 Å². The van der Waals surface area contributed by atoms with Crippen LogP contribution in [0.4, 0.5) is 0 Å². The molecule has 0 aliphatic rings. The van der Waals surface area contributed by atoms with E-state index in [1.54, 1.807) is 12.1 Å². The number of carboxylic acids is 1. The number of nitrogens with zero attached hydrogens (tertiary/aromatic N) is 2. The third kappa shape index (κ3) is 4.34. The fourth-order valence-electron chi connectivity index (χ4n) is 1.82. The highest BCUT2D eigenvalue weighted by atomic mass is 35.5. The Kier molecular flexibility index (Phi) is 5.81. The largest absolute Gasteiger partial charge is 0.493 e. The van der Waals surface area contributed by atoms with E-state index in [4.69, 9.17) is 26.2 Å². The van der Waals surface area contributed by atoms with Crippen LogP contribution in [0.2, 0.25) is 5.02 Å². The average Bonchev–Trinajstić information content (AvgIpc) is 2.98. The molecule has 8 heteroatoms. The Morgan fingerprint density at radius 1 is 1.43 bits per heavy atom. The van der Waals surface area contributed by atoms with Crippen LogP contribution in [0.15, 0.2) is 17.5 Å². The Balaban J connectivity index is 2.29. The van der Waals surface area contributed by atoms with Crippen LogP contribution in [-0.2, 0) is 0 Å². The molecular formula is C15H17ClN2O4S. The molecule has 0 fully saturated rings. The fourth-order valence-corrected chi connectivity index (χ4v) is 2.87. The summed E-state index contributed by atoms with van der Waals surface area (Å²) in [7, 11) is 5.43. The fraction of sp³-hybridized carbons (Fsp3) is 0.333. The molecule has 124 valence electrons. The van der Waals surface area contributed by atoms with Crippen LogP contribution in [0, 0.1) is 0 Å². The SMILES string of the molecule is COc1cc(-c2nc(C(=O)O)cs2)cc(Cl)c1OCCN(C)C. The van der Waals surface area contributed by atoms with E-state index in [1.165, 1.54) is 23.8 Å². The van der Waals surface area contributed by atoms with E-state index in [0.29, 0.717) is 33.7 Å². The summed E-state index contributed by atoms with van der Waals surface area (Å²) < 4.78 is 11.0.